The van der Waals surface area contributed by atoms with Crippen LogP contribution in [0, 0.1) is 6.07 Å². The number of aromatic hydroxyl groups is 4. The third-order valence-electron chi connectivity index (χ3n) is 3.29. The number of phenolic OH excluding ortho intramolecular Hbond substituents is 4. The second-order valence-electron chi connectivity index (χ2n) is 4.74. The van der Waals surface area contributed by atoms with Crippen LogP contribution >= 0.6 is 0 Å². The summed E-state index contributed by atoms with van der Waals surface area (Å²) in [6.07, 6.45) is 0. The summed E-state index contributed by atoms with van der Waals surface area (Å²) in [5, 5.41) is 38.7. The number of hydrogen-bond donors (Lipinski definition) is 4. The molecule has 2 aromatic carbocycles. The van der Waals surface area contributed by atoms with Crippen LogP contribution < -0.4 is 10.2 Å². The third kappa shape index (κ3) is 2.78. The van der Waals surface area contributed by atoms with E-state index in [1.165, 1.54) is 19.2 Å². The van der Waals surface area contributed by atoms with Crippen LogP contribution in [0.5, 0.6) is 28.7 Å². The maximum absolute atomic E-state index is 12.2. The normalized spacial score (nSPS) is 10.4. The van der Waals surface area contributed by atoms with E-state index in [0.717, 1.165) is 12.1 Å². The molecule has 0 atom stereocenters. The fourth-order valence-electron chi connectivity index (χ4n) is 2.25. The van der Waals surface area contributed by atoms with E-state index in [0.29, 0.717) is 0 Å². The van der Waals surface area contributed by atoms with E-state index in [-0.39, 0.29) is 60.6 Å². The molecular formula is C16H11O7W-. The monoisotopic (exact) mass is 499 g/mol. The quantitative estimate of drug-likeness (QED) is 0.399. The first-order chi connectivity index (χ1) is 10.9. The molecule has 1 aromatic heterocycles. The van der Waals surface area contributed by atoms with E-state index >= 15 is 0 Å². The third-order valence-corrected chi connectivity index (χ3v) is 3.29. The number of ether oxygens (including phenoxy) is 1. The molecule has 124 valence electrons. The standard InChI is InChI=1S/C16H11O7.W/c1-22-16-11(20)6-13-14(15(16)21)10(19)5-12(23-13)8-3-2-7(17)4-9(8)18;/h2-4,6,17-18,20-21H,1H3;/q-1;. The van der Waals surface area contributed by atoms with Crippen LogP contribution in [0.3, 0.4) is 0 Å². The molecular weight excluding hydrogens is 488 g/mol. The largest absolute Gasteiger partial charge is 0.520 e. The van der Waals surface area contributed by atoms with Crippen LogP contribution in [0.15, 0.2) is 33.5 Å². The van der Waals surface area contributed by atoms with Gasteiger partial charge in [-0.25, -0.2) is 0 Å². The summed E-state index contributed by atoms with van der Waals surface area (Å²) in [4.78, 5) is 12.2. The Hall–Kier alpha value is -2.66. The van der Waals surface area contributed by atoms with Gasteiger partial charge in [0, 0.05) is 44.3 Å². The van der Waals surface area contributed by atoms with E-state index in [4.69, 9.17) is 9.15 Å². The second kappa shape index (κ2) is 6.45. The minimum absolute atomic E-state index is 0. The molecule has 8 heteroatoms. The molecule has 0 saturated carbocycles. The molecule has 0 saturated heterocycles. The van der Waals surface area contributed by atoms with Crippen molar-refractivity contribution in [1.82, 2.24) is 0 Å². The van der Waals surface area contributed by atoms with Crippen molar-refractivity contribution in [1.29, 1.82) is 0 Å². The van der Waals surface area contributed by atoms with Crippen molar-refractivity contribution in [2.24, 2.45) is 0 Å². The predicted molar refractivity (Wildman–Crippen MR) is 80.0 cm³/mol. The summed E-state index contributed by atoms with van der Waals surface area (Å²) in [7, 11) is 1.23. The average molecular weight is 499 g/mol. The number of fused-ring (bicyclic) bond motifs is 1. The summed E-state index contributed by atoms with van der Waals surface area (Å²) in [6, 6.07) is 7.22. The van der Waals surface area contributed by atoms with Gasteiger partial charge in [0.05, 0.1) is 23.9 Å². The Morgan fingerprint density at radius 1 is 1.08 bits per heavy atom. The second-order valence-corrected chi connectivity index (χ2v) is 4.74. The van der Waals surface area contributed by atoms with E-state index < -0.39 is 16.9 Å². The van der Waals surface area contributed by atoms with Crippen LogP contribution in [0.25, 0.3) is 22.3 Å². The molecule has 24 heavy (non-hydrogen) atoms. The van der Waals surface area contributed by atoms with Crippen molar-refractivity contribution in [3.8, 4) is 40.1 Å². The number of methoxy groups -OCH3 is 1. The maximum Gasteiger partial charge on any atom is 0.190 e. The first kappa shape index (κ1) is 17.7. The number of hydrogen-bond acceptors (Lipinski definition) is 7. The van der Waals surface area contributed by atoms with Crippen LogP contribution in [0.1, 0.15) is 0 Å². The number of phenols is 4. The smallest absolute Gasteiger partial charge is 0.190 e. The van der Waals surface area contributed by atoms with Gasteiger partial charge in [-0.15, -0.1) is 0 Å². The van der Waals surface area contributed by atoms with Gasteiger partial charge in [-0.05, 0) is 11.6 Å². The first-order valence-corrected chi connectivity index (χ1v) is 6.43. The van der Waals surface area contributed by atoms with Crippen molar-refractivity contribution in [3.63, 3.8) is 0 Å². The average Bonchev–Trinajstić information content (AvgIpc) is 2.46. The molecule has 3 aromatic rings. The Labute approximate surface area is 149 Å². The Bertz CT molecular complexity index is 978. The molecule has 4 N–H and O–H groups in total. The minimum atomic E-state index is -0.704. The van der Waals surface area contributed by atoms with Gasteiger partial charge in [-0.3, -0.25) is 0 Å². The fourth-order valence-corrected chi connectivity index (χ4v) is 2.25. The van der Waals surface area contributed by atoms with E-state index in [9.17, 15) is 25.2 Å². The Balaban J connectivity index is 0.00000208. The van der Waals surface area contributed by atoms with E-state index in [1.54, 1.807) is 0 Å². The molecule has 0 radical (unpaired) electrons. The zero-order chi connectivity index (χ0) is 16.7. The van der Waals surface area contributed by atoms with Crippen molar-refractivity contribution in [2.75, 3.05) is 7.11 Å². The van der Waals surface area contributed by atoms with Gasteiger partial charge >= 0.3 is 0 Å². The molecule has 7 nitrogen and oxygen atoms in total. The molecule has 0 fully saturated rings. The van der Waals surface area contributed by atoms with Crippen LogP contribution in [0.2, 0.25) is 0 Å². The van der Waals surface area contributed by atoms with Crippen LogP contribution in [-0.2, 0) is 21.1 Å². The number of benzene rings is 2. The minimum Gasteiger partial charge on any atom is -0.520 e. The van der Waals surface area contributed by atoms with E-state index in [2.05, 4.69) is 6.07 Å². The summed E-state index contributed by atoms with van der Waals surface area (Å²) in [6.45, 7) is 0. The van der Waals surface area contributed by atoms with Crippen LogP contribution in [0.4, 0.5) is 0 Å². The predicted octanol–water partition coefficient (Wildman–Crippen LogP) is 2.09. The van der Waals surface area contributed by atoms with Gasteiger partial charge in [-0.2, -0.15) is 0 Å². The van der Waals surface area contributed by atoms with Gasteiger partial charge in [0.1, 0.15) is 11.5 Å². The molecule has 3 rings (SSSR count). The maximum atomic E-state index is 12.2. The van der Waals surface area contributed by atoms with Gasteiger partial charge in [0.2, 0.25) is 0 Å². The Morgan fingerprint density at radius 3 is 2.42 bits per heavy atom. The molecule has 0 bridgehead atoms. The van der Waals surface area contributed by atoms with Gasteiger partial charge in [0.25, 0.3) is 0 Å². The van der Waals surface area contributed by atoms with Gasteiger partial charge in [0.15, 0.2) is 11.5 Å². The topological polar surface area (TPSA) is 120 Å². The van der Waals surface area contributed by atoms with Crippen molar-refractivity contribution in [2.45, 2.75) is 0 Å². The van der Waals surface area contributed by atoms with Gasteiger partial charge < -0.3 is 34.4 Å². The summed E-state index contributed by atoms with van der Waals surface area (Å²) in [5.41, 5.74) is -0.687. The first-order valence-electron chi connectivity index (χ1n) is 6.43. The molecule has 0 aliphatic heterocycles. The van der Waals surface area contributed by atoms with Crippen molar-refractivity contribution < 1.29 is 50.6 Å². The Morgan fingerprint density at radius 2 is 1.79 bits per heavy atom. The summed E-state index contributed by atoms with van der Waals surface area (Å²) < 4.78 is 10.3. The summed E-state index contributed by atoms with van der Waals surface area (Å²) in [5.74, 6) is -1.80. The van der Waals surface area contributed by atoms with E-state index in [1.807, 2.05) is 0 Å². The molecule has 0 amide bonds. The molecule has 0 spiro atoms. The molecule has 0 aliphatic carbocycles. The summed E-state index contributed by atoms with van der Waals surface area (Å²) >= 11 is 0. The van der Waals surface area contributed by atoms with Crippen molar-refractivity contribution in [3.05, 3.63) is 40.6 Å². The fraction of sp³-hybridized carbons (Fsp3) is 0.0625. The molecule has 1 heterocycles. The SMILES string of the molecule is COc1c(O)cc2oc(-c3ccc(O)cc3O)[c-]c(=O)c2c1O.[W]. The zero-order valence-corrected chi connectivity index (χ0v) is 15.2. The van der Waals surface area contributed by atoms with Gasteiger partial charge in [-0.1, -0.05) is 12.1 Å². The zero-order valence-electron chi connectivity index (χ0n) is 12.2. The molecule has 0 unspecified atom stereocenters. The number of rotatable bonds is 2. The Kier molecular flexibility index (Phi) is 4.75. The van der Waals surface area contributed by atoms with Crippen LogP contribution in [-0.4, -0.2) is 27.5 Å². The molecule has 0 aliphatic rings. The van der Waals surface area contributed by atoms with Crippen molar-refractivity contribution >= 4 is 11.0 Å².